The van der Waals surface area contributed by atoms with Crippen LogP contribution in [0, 0.1) is 5.41 Å². The number of pyridine rings is 1. The van der Waals surface area contributed by atoms with E-state index in [-0.39, 0.29) is 37.4 Å². The number of benzene rings is 1. The average molecular weight is 643 g/mol. The second-order valence-corrected chi connectivity index (χ2v) is 14.9. The van der Waals surface area contributed by atoms with Crippen LogP contribution in [-0.2, 0) is 41.9 Å². The molecule has 0 aliphatic carbocycles. The molecule has 0 radical (unpaired) electrons. The van der Waals surface area contributed by atoms with Crippen LogP contribution in [0.3, 0.4) is 0 Å². The molecular formula is C32H46N6O6S. The van der Waals surface area contributed by atoms with Gasteiger partial charge in [0.15, 0.2) is 9.84 Å². The van der Waals surface area contributed by atoms with E-state index in [9.17, 15) is 18.0 Å². The van der Waals surface area contributed by atoms with E-state index in [4.69, 9.17) is 26.0 Å². The molecule has 1 aliphatic rings. The van der Waals surface area contributed by atoms with Gasteiger partial charge in [0.05, 0.1) is 41.1 Å². The van der Waals surface area contributed by atoms with Crippen molar-refractivity contribution in [2.45, 2.75) is 71.4 Å². The molecule has 45 heavy (non-hydrogen) atoms. The van der Waals surface area contributed by atoms with E-state index >= 15 is 0 Å². The Hall–Kier alpha value is -3.52. The fourth-order valence-corrected chi connectivity index (χ4v) is 7.83. The molecule has 1 saturated heterocycles. The summed E-state index contributed by atoms with van der Waals surface area (Å²) < 4.78 is 39.4. The summed E-state index contributed by atoms with van der Waals surface area (Å²) in [4.78, 5) is 30.5. The number of methoxy groups -OCH3 is 1. The fourth-order valence-electron chi connectivity index (χ4n) is 6.11. The highest BCUT2D eigenvalue weighted by molar-refractivity contribution is 7.92. The minimum absolute atomic E-state index is 0.0302. The molecule has 4 rings (SSSR count). The van der Waals surface area contributed by atoms with Gasteiger partial charge in [-0.15, -0.1) is 0 Å². The van der Waals surface area contributed by atoms with Gasteiger partial charge in [0.1, 0.15) is 0 Å². The number of ether oxygens (including phenoxy) is 2. The first kappa shape index (κ1) is 34.4. The number of nitrogens with zero attached hydrogens (tertiary/aromatic N) is 3. The summed E-state index contributed by atoms with van der Waals surface area (Å²) in [5.74, 6) is 4.25. The Morgan fingerprint density at radius 3 is 2.62 bits per heavy atom. The molecule has 1 aliphatic heterocycles. The van der Waals surface area contributed by atoms with Crippen molar-refractivity contribution in [3.05, 3.63) is 47.8 Å². The summed E-state index contributed by atoms with van der Waals surface area (Å²) in [5, 5.41) is 0.199. The number of hydrogen-bond acceptors (Lipinski definition) is 10. The van der Waals surface area contributed by atoms with Crippen molar-refractivity contribution in [1.29, 1.82) is 0 Å². The van der Waals surface area contributed by atoms with E-state index in [0.29, 0.717) is 19.5 Å². The Labute approximate surface area is 265 Å². The quantitative estimate of drug-likeness (QED) is 0.115. The number of esters is 1. The molecule has 246 valence electrons. The molecular weight excluding hydrogens is 596 g/mol. The van der Waals surface area contributed by atoms with Gasteiger partial charge in [0.2, 0.25) is 0 Å². The van der Waals surface area contributed by atoms with Crippen LogP contribution in [0.5, 0.6) is 0 Å². The Bertz CT molecular complexity index is 1650. The number of rotatable bonds is 12. The van der Waals surface area contributed by atoms with E-state index in [1.807, 2.05) is 29.4 Å². The van der Waals surface area contributed by atoms with Gasteiger partial charge in [-0.2, -0.15) is 0 Å². The number of amides is 1. The molecule has 3 aromatic rings. The third-order valence-corrected chi connectivity index (χ3v) is 10.7. The van der Waals surface area contributed by atoms with Crippen LogP contribution in [-0.4, -0.2) is 73.7 Å². The molecule has 12 nitrogen and oxygen atoms in total. The monoisotopic (exact) mass is 642 g/mol. The number of sulfone groups is 1. The second-order valence-electron chi connectivity index (χ2n) is 12.5. The van der Waals surface area contributed by atoms with Crippen LogP contribution >= 0.6 is 0 Å². The van der Waals surface area contributed by atoms with Crippen LogP contribution < -0.4 is 21.9 Å². The van der Waals surface area contributed by atoms with Gasteiger partial charge in [0, 0.05) is 67.4 Å². The smallest absolute Gasteiger partial charge is 0.302 e. The van der Waals surface area contributed by atoms with Crippen LogP contribution in [0.2, 0.25) is 0 Å². The van der Waals surface area contributed by atoms with E-state index in [1.54, 1.807) is 13.3 Å². The van der Waals surface area contributed by atoms with Crippen molar-refractivity contribution in [1.82, 2.24) is 15.0 Å². The molecule has 1 aromatic carbocycles. The molecule has 3 unspecified atom stereocenters. The molecule has 2 aromatic heterocycles. The number of anilines is 1. The highest BCUT2D eigenvalue weighted by atomic mass is 32.2. The molecule has 1 fully saturated rings. The minimum atomic E-state index is -3.45. The topological polar surface area (TPSA) is 172 Å². The summed E-state index contributed by atoms with van der Waals surface area (Å²) in [6.07, 6.45) is 2.08. The van der Waals surface area contributed by atoms with Crippen molar-refractivity contribution >= 4 is 38.3 Å². The van der Waals surface area contributed by atoms with Crippen molar-refractivity contribution in [2.24, 2.45) is 17.0 Å². The predicted molar refractivity (Wildman–Crippen MR) is 175 cm³/mol. The van der Waals surface area contributed by atoms with Gasteiger partial charge in [0.25, 0.3) is 5.91 Å². The number of hydrazine groups is 1. The fraction of sp³-hybridized carbons (Fsp3) is 0.531. The summed E-state index contributed by atoms with van der Waals surface area (Å²) in [6, 6.07) is 9.13. The number of hydrogen-bond donors (Lipinski definition) is 3. The second kappa shape index (κ2) is 13.9. The number of aryl methyl sites for hydroxylation is 1. The number of fused-ring (bicyclic) bond motifs is 1. The van der Waals surface area contributed by atoms with Crippen molar-refractivity contribution in [3.63, 3.8) is 0 Å². The number of carbonyl (C=O) groups excluding carboxylic acids is 2. The van der Waals surface area contributed by atoms with Crippen LogP contribution in [0.4, 0.5) is 5.69 Å². The minimum Gasteiger partial charge on any atom is -0.465 e. The van der Waals surface area contributed by atoms with Crippen molar-refractivity contribution in [3.8, 4) is 11.3 Å². The van der Waals surface area contributed by atoms with Crippen LogP contribution in [0.25, 0.3) is 22.2 Å². The van der Waals surface area contributed by atoms with Gasteiger partial charge in [-0.25, -0.2) is 14.3 Å². The summed E-state index contributed by atoms with van der Waals surface area (Å²) >= 11 is 0. The summed E-state index contributed by atoms with van der Waals surface area (Å²) in [5.41, 5.74) is 13.3. The van der Waals surface area contributed by atoms with E-state index in [0.717, 1.165) is 39.1 Å². The summed E-state index contributed by atoms with van der Waals surface area (Å²) in [6.45, 7) is 11.1. The van der Waals surface area contributed by atoms with E-state index < -0.39 is 32.5 Å². The number of aromatic nitrogens is 2. The third-order valence-electron chi connectivity index (χ3n) is 8.56. The molecule has 0 saturated carbocycles. The number of nitrogens with one attached hydrogen (secondary N) is 1. The maximum absolute atomic E-state index is 13.0. The van der Waals surface area contributed by atoms with Crippen molar-refractivity contribution < 1.29 is 27.5 Å². The predicted octanol–water partition coefficient (Wildman–Crippen LogP) is 2.87. The molecule has 1 amide bonds. The lowest BCUT2D eigenvalue weighted by Crippen LogP contribution is -2.52. The first-order chi connectivity index (χ1) is 21.2. The van der Waals surface area contributed by atoms with Crippen LogP contribution in [0.1, 0.15) is 58.4 Å². The molecule has 5 N–H and O–H groups in total. The Balaban J connectivity index is 1.87. The zero-order valence-corrected chi connectivity index (χ0v) is 27.8. The van der Waals surface area contributed by atoms with Gasteiger partial charge in [-0.1, -0.05) is 13.8 Å². The van der Waals surface area contributed by atoms with Crippen LogP contribution in [0.15, 0.2) is 36.5 Å². The Kier molecular flexibility index (Phi) is 10.6. The zero-order chi connectivity index (χ0) is 33.1. The first-order valence-corrected chi connectivity index (χ1v) is 16.9. The standard InChI is InChI=1S/C32H46N6O6S/c1-7-38-28-11-10-22(37-13-14-45(41,42)23(18-37)16-27(33)31(40)36-34)15-25(28)26(17-32(4,5)19-44-21(3)39)30(38)24-9-8-12-35-29(24)20(2)43-6/h8-12,15,20,23,27H,7,13-14,16-19,33-34H2,1-6H3,(H,36,40). The zero-order valence-electron chi connectivity index (χ0n) is 27.0. The number of nitrogens with two attached hydrogens (primary N) is 2. The lowest BCUT2D eigenvalue weighted by atomic mass is 9.84. The lowest BCUT2D eigenvalue weighted by molar-refractivity contribution is -0.144. The van der Waals surface area contributed by atoms with E-state index in [2.05, 4.69) is 43.5 Å². The molecule has 13 heteroatoms. The largest absolute Gasteiger partial charge is 0.465 e. The normalized spacial score (nSPS) is 18.0. The van der Waals surface area contributed by atoms with Gasteiger partial charge in [-0.05, 0) is 62.6 Å². The van der Waals surface area contributed by atoms with Gasteiger partial charge < -0.3 is 24.7 Å². The maximum Gasteiger partial charge on any atom is 0.302 e. The van der Waals surface area contributed by atoms with Gasteiger partial charge >= 0.3 is 5.97 Å². The first-order valence-electron chi connectivity index (χ1n) is 15.2. The molecule has 3 heterocycles. The average Bonchev–Trinajstić information content (AvgIpc) is 3.31. The summed E-state index contributed by atoms with van der Waals surface area (Å²) in [7, 11) is -1.79. The molecule has 3 atom stereocenters. The SMILES string of the molecule is CCn1c(-c2cccnc2C(C)OC)c(CC(C)(C)COC(C)=O)c2cc(N3CCS(=O)(=O)C(CC(N)C(=O)NN)C3)ccc21. The highest BCUT2D eigenvalue weighted by Crippen LogP contribution is 2.41. The maximum atomic E-state index is 13.0. The molecule has 0 bridgehead atoms. The number of carbonyl (C=O) groups is 2. The van der Waals surface area contributed by atoms with Gasteiger partial charge in [-0.3, -0.25) is 20.0 Å². The highest BCUT2D eigenvalue weighted by Gasteiger charge is 2.36. The Morgan fingerprint density at radius 2 is 1.98 bits per heavy atom. The Morgan fingerprint density at radius 1 is 1.24 bits per heavy atom. The third kappa shape index (κ3) is 7.49. The van der Waals surface area contributed by atoms with E-state index in [1.165, 1.54) is 6.92 Å². The lowest BCUT2D eigenvalue weighted by Gasteiger charge is -2.35. The molecule has 0 spiro atoms. The van der Waals surface area contributed by atoms with Crippen molar-refractivity contribution in [2.75, 3.05) is 37.5 Å².